The second kappa shape index (κ2) is 7.12. The predicted octanol–water partition coefficient (Wildman–Crippen LogP) is 2.42. The van der Waals surface area contributed by atoms with E-state index in [1.54, 1.807) is 6.07 Å². The summed E-state index contributed by atoms with van der Waals surface area (Å²) in [7, 11) is 0. The Labute approximate surface area is 171 Å². The minimum atomic E-state index is -0.647. The number of furan rings is 1. The molecule has 3 aliphatic rings. The van der Waals surface area contributed by atoms with Crippen molar-refractivity contribution in [3.8, 4) is 5.75 Å². The van der Waals surface area contributed by atoms with Crippen molar-refractivity contribution in [3.05, 3.63) is 54.0 Å². The van der Waals surface area contributed by atoms with Gasteiger partial charge >= 0.3 is 17.9 Å². The molecule has 30 heavy (non-hydrogen) atoms. The molecule has 0 amide bonds. The molecule has 1 aromatic carbocycles. The molecule has 3 fully saturated rings. The molecule has 154 valence electrons. The van der Waals surface area contributed by atoms with E-state index in [0.717, 1.165) is 6.42 Å². The predicted molar refractivity (Wildman–Crippen MR) is 98.5 cm³/mol. The zero-order valence-electron chi connectivity index (χ0n) is 15.8. The van der Waals surface area contributed by atoms with Crippen molar-refractivity contribution in [1.29, 1.82) is 0 Å². The highest BCUT2D eigenvalue weighted by atomic mass is 16.6. The minimum Gasteiger partial charge on any atom is -0.462 e. The molecule has 2 saturated carbocycles. The van der Waals surface area contributed by atoms with Crippen LogP contribution in [0.3, 0.4) is 0 Å². The molecule has 0 radical (unpaired) electrons. The molecule has 0 spiro atoms. The number of fused-ring (bicyclic) bond motifs is 1. The van der Waals surface area contributed by atoms with Gasteiger partial charge in [0, 0.05) is 11.5 Å². The Morgan fingerprint density at radius 1 is 1.07 bits per heavy atom. The van der Waals surface area contributed by atoms with Crippen LogP contribution in [0.2, 0.25) is 0 Å². The van der Waals surface area contributed by atoms with E-state index in [-0.39, 0.29) is 41.2 Å². The van der Waals surface area contributed by atoms with Gasteiger partial charge < -0.3 is 18.6 Å². The fraction of sp³-hybridized carbons (Fsp3) is 0.364. The molecule has 8 heteroatoms. The van der Waals surface area contributed by atoms with E-state index in [0.29, 0.717) is 12.0 Å². The van der Waals surface area contributed by atoms with Gasteiger partial charge in [-0.25, -0.2) is 4.79 Å². The molecule has 2 aromatic rings. The van der Waals surface area contributed by atoms with Crippen LogP contribution in [0.15, 0.2) is 47.1 Å². The molecule has 8 nitrogen and oxygen atoms in total. The van der Waals surface area contributed by atoms with Gasteiger partial charge in [0.25, 0.3) is 0 Å². The number of ether oxygens (including phenoxy) is 3. The van der Waals surface area contributed by atoms with Gasteiger partial charge in [-0.05, 0) is 55.2 Å². The topological polar surface area (TPSA) is 109 Å². The SMILES string of the molecule is O=C(COC(=O)[C@H]1[C@@H]2C[C@@H]3[C@@H]1C(=O)O[C@@H]3C2)c1ccc(OC(=O)c2ccco2)cc1. The summed E-state index contributed by atoms with van der Waals surface area (Å²) in [5.74, 6) is -2.30. The third kappa shape index (κ3) is 3.08. The summed E-state index contributed by atoms with van der Waals surface area (Å²) in [6, 6.07) is 8.97. The number of ketones is 1. The third-order valence-corrected chi connectivity index (χ3v) is 6.21. The van der Waals surface area contributed by atoms with Gasteiger partial charge in [-0.3, -0.25) is 14.4 Å². The van der Waals surface area contributed by atoms with Gasteiger partial charge in [0.15, 0.2) is 12.4 Å². The fourth-order valence-electron chi connectivity index (χ4n) is 4.90. The number of Topliss-reactive ketones (excluding diaryl/α,β-unsaturated/α-hetero) is 1. The number of hydrogen-bond donors (Lipinski definition) is 0. The summed E-state index contributed by atoms with van der Waals surface area (Å²) in [5, 5.41) is 0. The highest BCUT2D eigenvalue weighted by molar-refractivity contribution is 5.98. The lowest BCUT2D eigenvalue weighted by molar-refractivity contribution is -0.154. The molecule has 1 saturated heterocycles. The first-order valence-electron chi connectivity index (χ1n) is 9.77. The van der Waals surface area contributed by atoms with Crippen LogP contribution in [0.4, 0.5) is 0 Å². The van der Waals surface area contributed by atoms with Crippen LogP contribution in [0.1, 0.15) is 33.8 Å². The van der Waals surface area contributed by atoms with Crippen molar-refractivity contribution < 1.29 is 37.8 Å². The number of esters is 3. The summed E-state index contributed by atoms with van der Waals surface area (Å²) in [5.41, 5.74) is 0.314. The zero-order valence-corrected chi connectivity index (χ0v) is 15.8. The number of hydrogen-bond acceptors (Lipinski definition) is 8. The monoisotopic (exact) mass is 410 g/mol. The number of carbonyl (C=O) groups is 4. The van der Waals surface area contributed by atoms with Crippen molar-refractivity contribution in [2.24, 2.45) is 23.7 Å². The summed E-state index contributed by atoms with van der Waals surface area (Å²) >= 11 is 0. The number of rotatable bonds is 6. The van der Waals surface area contributed by atoms with Crippen molar-refractivity contribution >= 4 is 23.7 Å². The van der Waals surface area contributed by atoms with Crippen LogP contribution >= 0.6 is 0 Å². The molecular formula is C22H18O8. The Morgan fingerprint density at radius 2 is 1.87 bits per heavy atom. The first kappa shape index (κ1) is 18.6. The molecule has 1 aromatic heterocycles. The van der Waals surface area contributed by atoms with Crippen LogP contribution in [0, 0.1) is 23.7 Å². The average molecular weight is 410 g/mol. The van der Waals surface area contributed by atoms with Crippen molar-refractivity contribution in [3.63, 3.8) is 0 Å². The standard InChI is InChI=1S/C22H18O8/c23-15(11-3-5-13(6-4-11)29-20(24)16-2-1-7-27-16)10-28-21(25)18-12-8-14-17(9-12)30-22(26)19(14)18/h1-7,12,14,17-19H,8-10H2/t12-,14+,17-,18+,19+/m1/s1. The van der Waals surface area contributed by atoms with E-state index >= 15 is 0 Å². The summed E-state index contributed by atoms with van der Waals surface area (Å²) in [6.07, 6.45) is 2.80. The van der Waals surface area contributed by atoms with Gasteiger partial charge in [-0.1, -0.05) is 0 Å². The lowest BCUT2D eigenvalue weighted by Gasteiger charge is -2.22. The molecule has 5 atom stereocenters. The van der Waals surface area contributed by atoms with E-state index in [2.05, 4.69) is 0 Å². The van der Waals surface area contributed by atoms with Crippen LogP contribution in [0.25, 0.3) is 0 Å². The van der Waals surface area contributed by atoms with Crippen molar-refractivity contribution in [2.45, 2.75) is 18.9 Å². The normalized spacial score (nSPS) is 28.3. The quantitative estimate of drug-likeness (QED) is 0.406. The summed E-state index contributed by atoms with van der Waals surface area (Å²) < 4.78 is 20.7. The van der Waals surface area contributed by atoms with Crippen LogP contribution in [-0.4, -0.2) is 36.4 Å². The van der Waals surface area contributed by atoms with E-state index < -0.39 is 30.4 Å². The first-order valence-corrected chi connectivity index (χ1v) is 9.77. The maximum Gasteiger partial charge on any atom is 0.379 e. The zero-order chi connectivity index (χ0) is 20.8. The van der Waals surface area contributed by atoms with E-state index in [1.807, 2.05) is 0 Å². The minimum absolute atomic E-state index is 0.0569. The van der Waals surface area contributed by atoms with Gasteiger partial charge in [0.05, 0.1) is 18.1 Å². The lowest BCUT2D eigenvalue weighted by Crippen LogP contribution is -2.34. The molecular weight excluding hydrogens is 392 g/mol. The van der Waals surface area contributed by atoms with Gasteiger partial charge in [-0.15, -0.1) is 0 Å². The number of carbonyl (C=O) groups excluding carboxylic acids is 4. The first-order chi connectivity index (χ1) is 14.5. The average Bonchev–Trinajstić information content (AvgIpc) is 3.49. The van der Waals surface area contributed by atoms with E-state index in [9.17, 15) is 19.2 Å². The molecule has 0 unspecified atom stereocenters. The Kier molecular flexibility index (Phi) is 4.42. The van der Waals surface area contributed by atoms with Crippen molar-refractivity contribution in [2.75, 3.05) is 6.61 Å². The summed E-state index contributed by atoms with van der Waals surface area (Å²) in [4.78, 5) is 48.8. The van der Waals surface area contributed by atoms with Gasteiger partial charge in [0.1, 0.15) is 11.9 Å². The Bertz CT molecular complexity index is 1000. The highest BCUT2D eigenvalue weighted by Crippen LogP contribution is 2.57. The number of benzene rings is 1. The van der Waals surface area contributed by atoms with E-state index in [1.165, 1.54) is 36.6 Å². The Hall–Kier alpha value is -3.42. The smallest absolute Gasteiger partial charge is 0.379 e. The second-order valence-electron chi connectivity index (χ2n) is 7.84. The molecule has 1 aliphatic heterocycles. The molecule has 2 heterocycles. The largest absolute Gasteiger partial charge is 0.462 e. The van der Waals surface area contributed by atoms with Crippen molar-refractivity contribution in [1.82, 2.24) is 0 Å². The molecule has 0 N–H and O–H groups in total. The van der Waals surface area contributed by atoms with E-state index in [4.69, 9.17) is 18.6 Å². The summed E-state index contributed by atoms with van der Waals surface area (Å²) in [6.45, 7) is -0.413. The molecule has 2 aliphatic carbocycles. The Morgan fingerprint density at radius 3 is 2.60 bits per heavy atom. The maximum atomic E-state index is 12.5. The Balaban J connectivity index is 1.16. The molecule has 2 bridgehead atoms. The van der Waals surface area contributed by atoms with Crippen LogP contribution < -0.4 is 4.74 Å². The lowest BCUT2D eigenvalue weighted by atomic mass is 9.80. The second-order valence-corrected chi connectivity index (χ2v) is 7.84. The van der Waals surface area contributed by atoms with Crippen LogP contribution in [0.5, 0.6) is 5.75 Å². The van der Waals surface area contributed by atoms with Crippen LogP contribution in [-0.2, 0) is 19.1 Å². The highest BCUT2D eigenvalue weighted by Gasteiger charge is 2.64. The van der Waals surface area contributed by atoms with Gasteiger partial charge in [-0.2, -0.15) is 0 Å². The maximum absolute atomic E-state index is 12.5. The van der Waals surface area contributed by atoms with Gasteiger partial charge in [0.2, 0.25) is 5.76 Å². The third-order valence-electron chi connectivity index (χ3n) is 6.21. The fourth-order valence-corrected chi connectivity index (χ4v) is 4.90. The molecule has 5 rings (SSSR count).